The Labute approximate surface area is 110 Å². The predicted molar refractivity (Wildman–Crippen MR) is 72.1 cm³/mol. The van der Waals surface area contributed by atoms with E-state index in [1.165, 1.54) is 0 Å². The van der Waals surface area contributed by atoms with Gasteiger partial charge in [-0.3, -0.25) is 9.59 Å². The minimum absolute atomic E-state index is 0.0216. The van der Waals surface area contributed by atoms with Gasteiger partial charge in [0.1, 0.15) is 11.6 Å². The molecule has 2 amide bonds. The molecule has 18 heavy (non-hydrogen) atoms. The van der Waals surface area contributed by atoms with Gasteiger partial charge in [0.15, 0.2) is 0 Å². The molecule has 1 rings (SSSR count). The number of piperazine rings is 1. The molecule has 1 fully saturated rings. The maximum absolute atomic E-state index is 12.3. The summed E-state index contributed by atoms with van der Waals surface area (Å²) < 4.78 is 0. The Hall–Kier alpha value is -1.06. The SMILES string of the molecule is CCC1C(=O)NC(C)(C)C(=O)N1CCCC(C)C. The average molecular weight is 254 g/mol. The molecule has 1 N–H and O–H groups in total. The Morgan fingerprint density at radius 1 is 1.33 bits per heavy atom. The molecule has 104 valence electrons. The molecule has 4 nitrogen and oxygen atoms in total. The lowest BCUT2D eigenvalue weighted by Crippen LogP contribution is -2.68. The number of nitrogens with one attached hydrogen (secondary N) is 1. The molecule has 0 aromatic heterocycles. The van der Waals surface area contributed by atoms with Crippen LogP contribution in [0, 0.1) is 5.92 Å². The van der Waals surface area contributed by atoms with E-state index in [1.54, 1.807) is 18.7 Å². The topological polar surface area (TPSA) is 49.4 Å². The molecule has 0 radical (unpaired) electrons. The van der Waals surface area contributed by atoms with Gasteiger partial charge in [0.05, 0.1) is 0 Å². The standard InChI is InChI=1S/C14H26N2O2/c1-6-11-12(17)15-14(4,5)13(18)16(11)9-7-8-10(2)3/h10-11H,6-9H2,1-5H3,(H,15,17). The van der Waals surface area contributed by atoms with Crippen LogP contribution in [-0.2, 0) is 9.59 Å². The molecule has 4 heteroatoms. The summed E-state index contributed by atoms with van der Waals surface area (Å²) in [4.78, 5) is 26.1. The summed E-state index contributed by atoms with van der Waals surface area (Å²) in [7, 11) is 0. The summed E-state index contributed by atoms with van der Waals surface area (Å²) in [5, 5.41) is 2.81. The smallest absolute Gasteiger partial charge is 0.248 e. The molecule has 1 saturated heterocycles. The second kappa shape index (κ2) is 5.72. The highest BCUT2D eigenvalue weighted by atomic mass is 16.2. The molecule has 0 saturated carbocycles. The fourth-order valence-electron chi connectivity index (χ4n) is 2.42. The second-order valence-electron chi connectivity index (χ2n) is 6.07. The average Bonchev–Trinajstić information content (AvgIpc) is 2.24. The lowest BCUT2D eigenvalue weighted by Gasteiger charge is -2.42. The van der Waals surface area contributed by atoms with Crippen molar-refractivity contribution < 1.29 is 9.59 Å². The van der Waals surface area contributed by atoms with Crippen LogP contribution in [0.3, 0.4) is 0 Å². The summed E-state index contributed by atoms with van der Waals surface area (Å²) in [5.74, 6) is 0.649. The summed E-state index contributed by atoms with van der Waals surface area (Å²) >= 11 is 0. The van der Waals surface area contributed by atoms with Gasteiger partial charge in [-0.25, -0.2) is 0 Å². The van der Waals surface area contributed by atoms with E-state index in [1.807, 2.05) is 6.92 Å². The largest absolute Gasteiger partial charge is 0.340 e. The molecule has 1 unspecified atom stereocenters. The van der Waals surface area contributed by atoms with E-state index in [0.29, 0.717) is 18.9 Å². The van der Waals surface area contributed by atoms with Crippen LogP contribution in [0.2, 0.25) is 0 Å². The van der Waals surface area contributed by atoms with Gasteiger partial charge in [0, 0.05) is 6.54 Å². The normalized spacial score (nSPS) is 23.4. The van der Waals surface area contributed by atoms with Crippen molar-refractivity contribution in [1.29, 1.82) is 0 Å². The maximum atomic E-state index is 12.3. The minimum atomic E-state index is -0.763. The van der Waals surface area contributed by atoms with Crippen molar-refractivity contribution in [1.82, 2.24) is 10.2 Å². The molecule has 0 aliphatic carbocycles. The van der Waals surface area contributed by atoms with Crippen molar-refractivity contribution in [2.24, 2.45) is 5.92 Å². The van der Waals surface area contributed by atoms with Gasteiger partial charge in [-0.1, -0.05) is 20.8 Å². The maximum Gasteiger partial charge on any atom is 0.248 e. The lowest BCUT2D eigenvalue weighted by molar-refractivity contribution is -0.153. The molecule has 0 spiro atoms. The van der Waals surface area contributed by atoms with E-state index >= 15 is 0 Å². The first-order valence-electron chi connectivity index (χ1n) is 6.92. The van der Waals surface area contributed by atoms with Gasteiger partial charge in [-0.2, -0.15) is 0 Å². The van der Waals surface area contributed by atoms with E-state index in [-0.39, 0.29) is 17.9 Å². The summed E-state index contributed by atoms with van der Waals surface area (Å²) in [6, 6.07) is -0.294. The molecule has 1 aliphatic rings. The van der Waals surface area contributed by atoms with Gasteiger partial charge >= 0.3 is 0 Å². The third-order valence-electron chi connectivity index (χ3n) is 3.48. The first kappa shape index (κ1) is 15.0. The van der Waals surface area contributed by atoms with Crippen LogP contribution in [0.15, 0.2) is 0 Å². The summed E-state index contributed by atoms with van der Waals surface area (Å²) in [5.41, 5.74) is -0.763. The van der Waals surface area contributed by atoms with Crippen LogP contribution < -0.4 is 5.32 Å². The van der Waals surface area contributed by atoms with E-state index in [4.69, 9.17) is 0 Å². The molecular formula is C14H26N2O2. The van der Waals surface area contributed by atoms with E-state index in [2.05, 4.69) is 19.2 Å². The van der Waals surface area contributed by atoms with Gasteiger partial charge in [0.25, 0.3) is 0 Å². The Bertz CT molecular complexity index is 324. The number of carbonyl (C=O) groups excluding carboxylic acids is 2. The molecule has 0 aromatic carbocycles. The highest BCUT2D eigenvalue weighted by Crippen LogP contribution is 2.20. The zero-order valence-electron chi connectivity index (χ0n) is 12.2. The molecule has 1 atom stereocenters. The monoisotopic (exact) mass is 254 g/mol. The first-order chi connectivity index (χ1) is 8.29. The number of hydrogen-bond donors (Lipinski definition) is 1. The Morgan fingerprint density at radius 2 is 1.94 bits per heavy atom. The van der Waals surface area contributed by atoms with Crippen LogP contribution in [0.1, 0.15) is 53.9 Å². The van der Waals surface area contributed by atoms with Gasteiger partial charge in [-0.05, 0) is 39.0 Å². The van der Waals surface area contributed by atoms with Gasteiger partial charge in [0.2, 0.25) is 11.8 Å². The Balaban J connectivity index is 2.74. The van der Waals surface area contributed by atoms with Crippen molar-refractivity contribution in [3.8, 4) is 0 Å². The van der Waals surface area contributed by atoms with E-state index in [0.717, 1.165) is 12.8 Å². The van der Waals surface area contributed by atoms with Crippen molar-refractivity contribution in [2.75, 3.05) is 6.54 Å². The zero-order chi connectivity index (χ0) is 13.9. The summed E-state index contributed by atoms with van der Waals surface area (Å²) in [6.45, 7) is 10.5. The van der Waals surface area contributed by atoms with E-state index in [9.17, 15) is 9.59 Å². The van der Waals surface area contributed by atoms with Crippen LogP contribution in [0.5, 0.6) is 0 Å². The minimum Gasteiger partial charge on any atom is -0.340 e. The van der Waals surface area contributed by atoms with Crippen molar-refractivity contribution in [2.45, 2.75) is 65.5 Å². The third-order valence-corrected chi connectivity index (χ3v) is 3.48. The van der Waals surface area contributed by atoms with Crippen LogP contribution >= 0.6 is 0 Å². The number of carbonyl (C=O) groups is 2. The molecule has 0 aromatic rings. The fourth-order valence-corrected chi connectivity index (χ4v) is 2.42. The number of rotatable bonds is 5. The third kappa shape index (κ3) is 3.24. The second-order valence-corrected chi connectivity index (χ2v) is 6.07. The van der Waals surface area contributed by atoms with Crippen molar-refractivity contribution in [3.63, 3.8) is 0 Å². The predicted octanol–water partition coefficient (Wildman–Crippen LogP) is 1.94. The highest BCUT2D eigenvalue weighted by Gasteiger charge is 2.43. The fraction of sp³-hybridized carbons (Fsp3) is 0.857. The lowest BCUT2D eigenvalue weighted by atomic mass is 9.95. The first-order valence-corrected chi connectivity index (χ1v) is 6.92. The molecular weight excluding hydrogens is 228 g/mol. The zero-order valence-corrected chi connectivity index (χ0v) is 12.2. The number of nitrogens with zero attached hydrogens (tertiary/aromatic N) is 1. The van der Waals surface area contributed by atoms with Gasteiger partial charge in [-0.15, -0.1) is 0 Å². The van der Waals surface area contributed by atoms with E-state index < -0.39 is 5.54 Å². The molecule has 1 aliphatic heterocycles. The van der Waals surface area contributed by atoms with Crippen LogP contribution in [-0.4, -0.2) is 34.8 Å². The van der Waals surface area contributed by atoms with Crippen LogP contribution in [0.4, 0.5) is 0 Å². The van der Waals surface area contributed by atoms with Crippen LogP contribution in [0.25, 0.3) is 0 Å². The van der Waals surface area contributed by atoms with Gasteiger partial charge < -0.3 is 10.2 Å². The molecule has 0 bridgehead atoms. The number of hydrogen-bond acceptors (Lipinski definition) is 2. The van der Waals surface area contributed by atoms with Crippen molar-refractivity contribution in [3.05, 3.63) is 0 Å². The quantitative estimate of drug-likeness (QED) is 0.815. The number of amides is 2. The Kier molecular flexibility index (Phi) is 4.77. The highest BCUT2D eigenvalue weighted by molar-refractivity contribution is 5.99. The Morgan fingerprint density at radius 3 is 2.44 bits per heavy atom. The van der Waals surface area contributed by atoms with Crippen molar-refractivity contribution >= 4 is 11.8 Å². The summed E-state index contributed by atoms with van der Waals surface area (Å²) in [6.07, 6.45) is 2.72. The molecule has 1 heterocycles.